The quantitative estimate of drug-likeness (QED) is 0.443. The molecule has 25 heavy (non-hydrogen) atoms. The number of oxime groups is 1. The van der Waals surface area contributed by atoms with Gasteiger partial charge in [0, 0.05) is 16.8 Å². The van der Waals surface area contributed by atoms with Gasteiger partial charge in [0.2, 0.25) is 0 Å². The van der Waals surface area contributed by atoms with Gasteiger partial charge in [-0.25, -0.2) is 0 Å². The first-order valence-electron chi connectivity index (χ1n) is 7.67. The minimum Gasteiger partial charge on any atom is -0.411 e. The van der Waals surface area contributed by atoms with Crippen molar-refractivity contribution in [2.75, 3.05) is 0 Å². The van der Waals surface area contributed by atoms with Crippen molar-refractivity contribution < 1.29 is 5.21 Å². The fourth-order valence-electron chi connectivity index (χ4n) is 3.16. The Balaban J connectivity index is 2.25. The molecule has 2 aromatic rings. The van der Waals surface area contributed by atoms with Gasteiger partial charge in [-0.15, -0.1) is 0 Å². The molecule has 1 aromatic carbocycles. The molecule has 0 radical (unpaired) electrons. The SMILES string of the molecule is CC1=C(C#N)C(c2ccc3[nH]nc(/C(C)=N/O)c3c2)C(C#N)=C(C)N1. The number of nitriles is 2. The van der Waals surface area contributed by atoms with Gasteiger partial charge in [0.05, 0.1) is 34.7 Å². The van der Waals surface area contributed by atoms with E-state index in [-0.39, 0.29) is 0 Å². The van der Waals surface area contributed by atoms with Crippen LogP contribution in [0.4, 0.5) is 0 Å². The number of nitrogens with one attached hydrogen (secondary N) is 2. The van der Waals surface area contributed by atoms with E-state index in [9.17, 15) is 10.5 Å². The maximum Gasteiger partial charge on any atom is 0.117 e. The molecular formula is C18H16N6O. The van der Waals surface area contributed by atoms with Gasteiger partial charge in [0.1, 0.15) is 11.4 Å². The molecule has 0 unspecified atom stereocenters. The van der Waals surface area contributed by atoms with Crippen LogP contribution in [-0.4, -0.2) is 21.1 Å². The lowest BCUT2D eigenvalue weighted by atomic mass is 9.81. The molecule has 1 aliphatic heterocycles. The molecule has 1 aromatic heterocycles. The molecule has 2 heterocycles. The standard InChI is InChI=1S/C18H16N6O/c1-9-14(7-19)17(15(8-20)10(2)21-9)12-4-5-16-13(6-12)18(23-22-16)11(3)24-25/h4-6,17,21,25H,1-3H3,(H,22,23)/b24-11+. The third-order valence-electron chi connectivity index (χ3n) is 4.41. The predicted molar refractivity (Wildman–Crippen MR) is 92.6 cm³/mol. The maximum atomic E-state index is 9.60. The van der Waals surface area contributed by atoms with E-state index in [1.54, 1.807) is 6.92 Å². The van der Waals surface area contributed by atoms with E-state index in [0.717, 1.165) is 27.9 Å². The zero-order valence-corrected chi connectivity index (χ0v) is 14.0. The van der Waals surface area contributed by atoms with E-state index in [1.807, 2.05) is 32.0 Å². The molecule has 0 saturated heterocycles. The summed E-state index contributed by atoms with van der Waals surface area (Å²) in [5.74, 6) is -0.435. The number of aromatic nitrogens is 2. The average molecular weight is 332 g/mol. The second-order valence-electron chi connectivity index (χ2n) is 5.92. The summed E-state index contributed by atoms with van der Waals surface area (Å²) in [6.07, 6.45) is 0. The molecule has 0 aliphatic carbocycles. The van der Waals surface area contributed by atoms with Gasteiger partial charge >= 0.3 is 0 Å². The number of hydrogen-bond acceptors (Lipinski definition) is 6. The number of fused-ring (bicyclic) bond motifs is 1. The summed E-state index contributed by atoms with van der Waals surface area (Å²) < 4.78 is 0. The fourth-order valence-corrected chi connectivity index (χ4v) is 3.16. The number of nitrogens with zero attached hydrogens (tertiary/aromatic N) is 4. The largest absolute Gasteiger partial charge is 0.411 e. The van der Waals surface area contributed by atoms with Gasteiger partial charge in [-0.3, -0.25) is 5.10 Å². The molecule has 3 N–H and O–H groups in total. The zero-order chi connectivity index (χ0) is 18.1. The molecule has 1 aliphatic rings. The third kappa shape index (κ3) is 2.52. The van der Waals surface area contributed by atoms with Gasteiger partial charge < -0.3 is 10.5 Å². The van der Waals surface area contributed by atoms with Crippen LogP contribution in [0.2, 0.25) is 0 Å². The number of hydrogen-bond donors (Lipinski definition) is 3. The van der Waals surface area contributed by atoms with Crippen LogP contribution in [0.15, 0.2) is 45.9 Å². The highest BCUT2D eigenvalue weighted by molar-refractivity contribution is 6.07. The molecular weight excluding hydrogens is 316 g/mol. The van der Waals surface area contributed by atoms with Gasteiger partial charge in [0.15, 0.2) is 0 Å². The van der Waals surface area contributed by atoms with Crippen molar-refractivity contribution in [3.8, 4) is 12.1 Å². The lowest BCUT2D eigenvalue weighted by Gasteiger charge is -2.26. The van der Waals surface area contributed by atoms with Gasteiger partial charge in [-0.2, -0.15) is 15.6 Å². The minimum atomic E-state index is -0.435. The smallest absolute Gasteiger partial charge is 0.117 e. The summed E-state index contributed by atoms with van der Waals surface area (Å²) in [5.41, 5.74) is 5.02. The minimum absolute atomic E-state index is 0.383. The first-order chi connectivity index (χ1) is 12.0. The zero-order valence-electron chi connectivity index (χ0n) is 14.0. The van der Waals surface area contributed by atoms with Gasteiger partial charge in [0.25, 0.3) is 0 Å². The van der Waals surface area contributed by atoms with E-state index in [0.29, 0.717) is 22.6 Å². The van der Waals surface area contributed by atoms with Gasteiger partial charge in [-0.05, 0) is 38.5 Å². The Hall–Kier alpha value is -3.58. The number of H-pyrrole nitrogens is 1. The summed E-state index contributed by atoms with van der Waals surface area (Å²) in [4.78, 5) is 0. The highest BCUT2D eigenvalue weighted by atomic mass is 16.4. The Morgan fingerprint density at radius 1 is 1.20 bits per heavy atom. The molecule has 124 valence electrons. The predicted octanol–water partition coefficient (Wildman–Crippen LogP) is 3.04. The number of rotatable bonds is 2. The second kappa shape index (κ2) is 6.14. The van der Waals surface area contributed by atoms with E-state index < -0.39 is 5.92 Å². The second-order valence-corrected chi connectivity index (χ2v) is 5.92. The highest BCUT2D eigenvalue weighted by Crippen LogP contribution is 2.38. The molecule has 0 fully saturated rings. The Labute approximate surface area is 144 Å². The molecule has 7 nitrogen and oxygen atoms in total. The van der Waals surface area contributed by atoms with E-state index in [2.05, 4.69) is 32.8 Å². The first kappa shape index (κ1) is 16.3. The van der Waals surface area contributed by atoms with E-state index >= 15 is 0 Å². The van der Waals surface area contributed by atoms with Crippen LogP contribution in [0, 0.1) is 22.7 Å². The Morgan fingerprint density at radius 3 is 2.40 bits per heavy atom. The van der Waals surface area contributed by atoms with Crippen LogP contribution < -0.4 is 5.32 Å². The molecule has 0 bridgehead atoms. The van der Waals surface area contributed by atoms with E-state index in [1.165, 1.54) is 0 Å². The molecule has 0 saturated carbocycles. The molecule has 3 rings (SSSR count). The lowest BCUT2D eigenvalue weighted by Crippen LogP contribution is -2.23. The summed E-state index contributed by atoms with van der Waals surface area (Å²) in [7, 11) is 0. The normalized spacial score (nSPS) is 16.0. The van der Waals surface area contributed by atoms with Crippen LogP contribution in [-0.2, 0) is 0 Å². The van der Waals surface area contributed by atoms with Crippen molar-refractivity contribution in [3.05, 3.63) is 52.0 Å². The fraction of sp³-hybridized carbons (Fsp3) is 0.222. The van der Waals surface area contributed by atoms with Crippen LogP contribution in [0.5, 0.6) is 0 Å². The lowest BCUT2D eigenvalue weighted by molar-refractivity contribution is 0.319. The highest BCUT2D eigenvalue weighted by Gasteiger charge is 2.29. The average Bonchev–Trinajstić information content (AvgIpc) is 3.03. The Kier molecular flexibility index (Phi) is 4.00. The summed E-state index contributed by atoms with van der Waals surface area (Å²) in [5, 5.41) is 42.4. The van der Waals surface area contributed by atoms with Gasteiger partial charge in [-0.1, -0.05) is 11.2 Å². The summed E-state index contributed by atoms with van der Waals surface area (Å²) in [6.45, 7) is 5.31. The topological polar surface area (TPSA) is 121 Å². The number of dihydropyridines is 1. The van der Waals surface area contributed by atoms with Crippen LogP contribution in [0.3, 0.4) is 0 Å². The third-order valence-corrected chi connectivity index (χ3v) is 4.41. The van der Waals surface area contributed by atoms with Crippen molar-refractivity contribution in [2.24, 2.45) is 5.16 Å². The van der Waals surface area contributed by atoms with Crippen LogP contribution in [0.1, 0.15) is 37.9 Å². The molecule has 0 atom stereocenters. The van der Waals surface area contributed by atoms with Crippen LogP contribution in [0.25, 0.3) is 10.9 Å². The van der Waals surface area contributed by atoms with Crippen molar-refractivity contribution in [3.63, 3.8) is 0 Å². The number of allylic oxidation sites excluding steroid dienone is 4. The Bertz CT molecular complexity index is 1010. The van der Waals surface area contributed by atoms with Crippen LogP contribution >= 0.6 is 0 Å². The summed E-state index contributed by atoms with van der Waals surface area (Å²) in [6, 6.07) is 10.1. The van der Waals surface area contributed by atoms with E-state index in [4.69, 9.17) is 5.21 Å². The number of benzene rings is 1. The number of aromatic amines is 1. The Morgan fingerprint density at radius 2 is 1.84 bits per heavy atom. The summed E-state index contributed by atoms with van der Waals surface area (Å²) >= 11 is 0. The maximum absolute atomic E-state index is 9.60. The molecule has 0 spiro atoms. The molecule has 7 heteroatoms. The molecule has 0 amide bonds. The van der Waals surface area contributed by atoms with Crippen molar-refractivity contribution >= 4 is 16.6 Å². The van der Waals surface area contributed by atoms with Crippen molar-refractivity contribution in [1.29, 1.82) is 10.5 Å². The van der Waals surface area contributed by atoms with Crippen molar-refractivity contribution in [2.45, 2.75) is 26.7 Å². The van der Waals surface area contributed by atoms with Crippen molar-refractivity contribution in [1.82, 2.24) is 15.5 Å². The monoisotopic (exact) mass is 332 g/mol. The first-order valence-corrected chi connectivity index (χ1v) is 7.67.